The molecule has 0 aliphatic carbocycles. The summed E-state index contributed by atoms with van der Waals surface area (Å²) in [4.78, 5) is 0.157. The van der Waals surface area contributed by atoms with Crippen molar-refractivity contribution < 1.29 is 30.9 Å². The fraction of sp³-hybridized carbons (Fsp3) is 0.824. The van der Waals surface area contributed by atoms with Crippen LogP contribution in [0.3, 0.4) is 0 Å². The highest BCUT2D eigenvalue weighted by molar-refractivity contribution is 7.86. The SMILES string of the molecule is CC[C@H](C[C@H]1CCC[C@@]2(C[C@H](O[Si](CC)(CC)CC)[C@H](C)[C@H](COS(=O)(=O)c3ccc(C)cc3)O2)O1)O[Si](C)(C)C(C)(C)C. The maximum atomic E-state index is 13.2. The summed E-state index contributed by atoms with van der Waals surface area (Å²) in [6, 6.07) is 9.91. The lowest BCUT2D eigenvalue weighted by Crippen LogP contribution is -2.59. The molecule has 6 atom stereocenters. The van der Waals surface area contributed by atoms with Gasteiger partial charge in [-0.3, -0.25) is 4.18 Å². The molecule has 1 aromatic carbocycles. The summed E-state index contributed by atoms with van der Waals surface area (Å²) in [6.45, 7) is 24.4. The standard InChI is InChI=1S/C34H62O7SSi2/c1-12-28(40-43(10,11)33(7,8)9)23-29-17-16-22-34(38-29)24-31(41-44(13-2,14-3)15-4)27(6)32(39-34)25-37-42(35,36)30-20-18-26(5)19-21-30/h18-21,27-29,31-32H,12-17,22-25H2,1-11H3/t27-,28+,29+,31-,32-,34+/m0/s1. The highest BCUT2D eigenvalue weighted by Gasteiger charge is 2.51. The van der Waals surface area contributed by atoms with E-state index in [0.29, 0.717) is 6.42 Å². The van der Waals surface area contributed by atoms with Crippen molar-refractivity contribution in [1.82, 2.24) is 0 Å². The molecule has 0 saturated carbocycles. The molecule has 2 heterocycles. The largest absolute Gasteiger partial charge is 0.414 e. The molecule has 0 unspecified atom stereocenters. The van der Waals surface area contributed by atoms with E-state index >= 15 is 0 Å². The number of hydrogen-bond acceptors (Lipinski definition) is 7. The van der Waals surface area contributed by atoms with Crippen molar-refractivity contribution in [3.05, 3.63) is 29.8 Å². The molecule has 3 rings (SSSR count). The first kappa shape index (κ1) is 37.9. The average Bonchev–Trinajstić information content (AvgIpc) is 2.96. The van der Waals surface area contributed by atoms with Crippen LogP contribution in [0.4, 0.5) is 0 Å². The maximum Gasteiger partial charge on any atom is 0.297 e. The van der Waals surface area contributed by atoms with Gasteiger partial charge in [-0.25, -0.2) is 0 Å². The number of ether oxygens (including phenoxy) is 2. The van der Waals surface area contributed by atoms with Gasteiger partial charge in [-0.1, -0.05) is 73.1 Å². The minimum atomic E-state index is -3.93. The number of benzene rings is 1. The van der Waals surface area contributed by atoms with Crippen LogP contribution in [0.1, 0.15) is 99.5 Å². The van der Waals surface area contributed by atoms with Crippen molar-refractivity contribution in [2.45, 2.75) is 172 Å². The molecule has 0 N–H and O–H groups in total. The quantitative estimate of drug-likeness (QED) is 0.144. The minimum Gasteiger partial charge on any atom is -0.414 e. The summed E-state index contributed by atoms with van der Waals surface area (Å²) in [5.41, 5.74) is 0.995. The smallest absolute Gasteiger partial charge is 0.297 e. The molecule has 2 fully saturated rings. The summed E-state index contributed by atoms with van der Waals surface area (Å²) < 4.78 is 59.7. The van der Waals surface area contributed by atoms with Crippen molar-refractivity contribution in [1.29, 1.82) is 0 Å². The predicted molar refractivity (Wildman–Crippen MR) is 183 cm³/mol. The zero-order valence-electron chi connectivity index (χ0n) is 29.5. The Labute approximate surface area is 271 Å². The van der Waals surface area contributed by atoms with Gasteiger partial charge in [-0.15, -0.1) is 0 Å². The first-order chi connectivity index (χ1) is 20.4. The van der Waals surface area contributed by atoms with E-state index in [-0.39, 0.29) is 40.8 Å². The molecule has 7 nitrogen and oxygen atoms in total. The van der Waals surface area contributed by atoms with E-state index in [9.17, 15) is 8.42 Å². The molecule has 2 saturated heterocycles. The Morgan fingerprint density at radius 2 is 1.64 bits per heavy atom. The Morgan fingerprint density at radius 3 is 2.18 bits per heavy atom. The second kappa shape index (κ2) is 15.1. The third-order valence-electron chi connectivity index (χ3n) is 10.8. The second-order valence-corrected chi connectivity index (χ2v) is 26.0. The second-order valence-electron chi connectivity index (χ2n) is 14.9. The van der Waals surface area contributed by atoms with Gasteiger partial charge in [0, 0.05) is 24.9 Å². The number of aryl methyl sites for hydroxylation is 1. The van der Waals surface area contributed by atoms with Gasteiger partial charge >= 0.3 is 0 Å². The molecule has 10 heteroatoms. The summed E-state index contributed by atoms with van der Waals surface area (Å²) in [6.07, 6.45) is 4.70. The van der Waals surface area contributed by atoms with Crippen LogP contribution >= 0.6 is 0 Å². The monoisotopic (exact) mass is 670 g/mol. The highest BCUT2D eigenvalue weighted by atomic mass is 32.2. The summed E-state index contributed by atoms with van der Waals surface area (Å²) in [5.74, 6) is -0.869. The fourth-order valence-electron chi connectivity index (χ4n) is 6.36. The Balaban J connectivity index is 1.85. The minimum absolute atomic E-state index is 0.0101. The lowest BCUT2D eigenvalue weighted by atomic mass is 9.85. The molecule has 44 heavy (non-hydrogen) atoms. The fourth-order valence-corrected chi connectivity index (χ4v) is 11.7. The Morgan fingerprint density at radius 1 is 1.02 bits per heavy atom. The average molecular weight is 671 g/mol. The van der Waals surface area contributed by atoms with E-state index in [1.807, 2.05) is 6.92 Å². The van der Waals surface area contributed by atoms with Gasteiger partial charge in [-0.05, 0) is 81.0 Å². The van der Waals surface area contributed by atoms with E-state index in [4.69, 9.17) is 22.5 Å². The Kier molecular flexibility index (Phi) is 13.0. The van der Waals surface area contributed by atoms with Gasteiger partial charge in [-0.2, -0.15) is 8.42 Å². The van der Waals surface area contributed by atoms with Crippen molar-refractivity contribution in [3.63, 3.8) is 0 Å². The molecule has 254 valence electrons. The predicted octanol–water partition coefficient (Wildman–Crippen LogP) is 8.97. The lowest BCUT2D eigenvalue weighted by Gasteiger charge is -2.52. The lowest BCUT2D eigenvalue weighted by molar-refractivity contribution is -0.340. The van der Waals surface area contributed by atoms with Crippen LogP contribution in [0.5, 0.6) is 0 Å². The molecular weight excluding hydrogens is 609 g/mol. The van der Waals surface area contributed by atoms with E-state index in [1.165, 1.54) is 0 Å². The van der Waals surface area contributed by atoms with Crippen LogP contribution in [-0.4, -0.2) is 61.9 Å². The Hall–Kier alpha value is -0.596. The van der Waals surface area contributed by atoms with Gasteiger partial charge in [0.25, 0.3) is 10.1 Å². The number of hydrogen-bond donors (Lipinski definition) is 0. The molecule has 2 aliphatic rings. The first-order valence-corrected chi connectivity index (χ1v) is 24.0. The zero-order chi connectivity index (χ0) is 33.0. The van der Waals surface area contributed by atoms with Gasteiger partial charge in [0.2, 0.25) is 0 Å². The van der Waals surface area contributed by atoms with Crippen LogP contribution in [-0.2, 0) is 32.6 Å². The molecule has 0 amide bonds. The van der Waals surface area contributed by atoms with Crippen molar-refractivity contribution >= 4 is 26.8 Å². The summed E-state index contributed by atoms with van der Waals surface area (Å²) >= 11 is 0. The molecule has 0 radical (unpaired) electrons. The van der Waals surface area contributed by atoms with Crippen LogP contribution < -0.4 is 0 Å². The van der Waals surface area contributed by atoms with Crippen LogP contribution in [0.25, 0.3) is 0 Å². The van der Waals surface area contributed by atoms with Gasteiger partial charge in [0.1, 0.15) is 0 Å². The molecule has 0 aromatic heterocycles. The van der Waals surface area contributed by atoms with Crippen LogP contribution in [0, 0.1) is 12.8 Å². The first-order valence-electron chi connectivity index (χ1n) is 17.1. The topological polar surface area (TPSA) is 80.3 Å². The molecule has 1 spiro atoms. The highest BCUT2D eigenvalue weighted by Crippen LogP contribution is 2.45. The third-order valence-corrected chi connectivity index (χ3v) is 21.3. The van der Waals surface area contributed by atoms with E-state index in [0.717, 1.165) is 55.8 Å². The van der Waals surface area contributed by atoms with E-state index in [2.05, 4.69) is 68.5 Å². The van der Waals surface area contributed by atoms with Crippen molar-refractivity contribution in [2.75, 3.05) is 6.61 Å². The van der Waals surface area contributed by atoms with Crippen molar-refractivity contribution in [3.8, 4) is 0 Å². The van der Waals surface area contributed by atoms with Crippen LogP contribution in [0.2, 0.25) is 36.3 Å². The summed E-state index contributed by atoms with van der Waals surface area (Å²) in [7, 11) is -7.82. The number of rotatable bonds is 14. The van der Waals surface area contributed by atoms with Crippen molar-refractivity contribution in [2.24, 2.45) is 5.92 Å². The molecular formula is C34H62O7SSi2. The van der Waals surface area contributed by atoms with E-state index < -0.39 is 38.6 Å². The molecule has 0 bridgehead atoms. The van der Waals surface area contributed by atoms with Crippen LogP contribution in [0.15, 0.2) is 29.2 Å². The zero-order valence-corrected chi connectivity index (χ0v) is 32.3. The third kappa shape index (κ3) is 9.27. The Bertz CT molecular complexity index is 1140. The van der Waals surface area contributed by atoms with Gasteiger partial charge in [0.05, 0.1) is 29.8 Å². The molecule has 2 aliphatic heterocycles. The van der Waals surface area contributed by atoms with E-state index in [1.54, 1.807) is 24.3 Å². The maximum absolute atomic E-state index is 13.2. The molecule has 1 aromatic rings. The van der Waals surface area contributed by atoms with Gasteiger partial charge < -0.3 is 18.3 Å². The normalized spacial score (nSPS) is 27.9. The summed E-state index contributed by atoms with van der Waals surface area (Å²) in [5, 5.41) is 0.141. The van der Waals surface area contributed by atoms with Gasteiger partial charge in [0.15, 0.2) is 22.4 Å².